The number of halogens is 1. The molecule has 36 heavy (non-hydrogen) atoms. The highest BCUT2D eigenvalue weighted by atomic mass is 35.5. The third-order valence-corrected chi connectivity index (χ3v) is 8.10. The van der Waals surface area contributed by atoms with Crippen molar-refractivity contribution in [3.05, 3.63) is 71.4 Å². The molecular weight excluding hydrogens is 472 g/mol. The zero-order chi connectivity index (χ0) is 25.1. The normalized spacial score (nSPS) is 21.0. The molecule has 0 N–H and O–H groups in total. The summed E-state index contributed by atoms with van der Waals surface area (Å²) >= 11 is 6.69. The summed E-state index contributed by atoms with van der Waals surface area (Å²) in [6.45, 7) is 9.08. The average Bonchev–Trinajstić information content (AvgIpc) is 3.45. The molecule has 2 aliphatic rings. The Hall–Kier alpha value is -2.74. The number of pyridine rings is 1. The van der Waals surface area contributed by atoms with E-state index in [2.05, 4.69) is 57.8 Å². The molecule has 4 heterocycles. The highest BCUT2D eigenvalue weighted by Crippen LogP contribution is 2.31. The average molecular weight is 507 g/mol. The Balaban J connectivity index is 1.21. The van der Waals surface area contributed by atoms with Crippen molar-refractivity contribution in [2.75, 3.05) is 37.6 Å². The van der Waals surface area contributed by atoms with E-state index in [9.17, 15) is 4.79 Å². The van der Waals surface area contributed by atoms with Crippen molar-refractivity contribution < 1.29 is 4.79 Å². The Bertz CT molecular complexity index is 1140. The first-order chi connectivity index (χ1) is 17.6. The molecule has 8 heteroatoms. The molecular formula is C28H35ClN6O. The van der Waals surface area contributed by atoms with Gasteiger partial charge >= 0.3 is 0 Å². The molecule has 2 atom stereocenters. The summed E-state index contributed by atoms with van der Waals surface area (Å²) in [5.41, 5.74) is 3.23. The second-order valence-corrected chi connectivity index (χ2v) is 10.4. The molecule has 0 aliphatic carbocycles. The smallest absolute Gasteiger partial charge is 0.147 e. The van der Waals surface area contributed by atoms with E-state index in [4.69, 9.17) is 16.6 Å². The summed E-state index contributed by atoms with van der Waals surface area (Å²) in [7, 11) is 0. The third kappa shape index (κ3) is 5.19. The lowest BCUT2D eigenvalue weighted by Crippen LogP contribution is -2.58. The number of aldehydes is 1. The van der Waals surface area contributed by atoms with Crippen LogP contribution in [0.3, 0.4) is 0 Å². The summed E-state index contributed by atoms with van der Waals surface area (Å²) in [5.74, 6) is 0.861. The molecule has 0 spiro atoms. The minimum Gasteiger partial charge on any atom is -0.353 e. The molecule has 0 radical (unpaired) electrons. The zero-order valence-corrected chi connectivity index (χ0v) is 21.9. The number of carbonyl (C=O) groups is 1. The van der Waals surface area contributed by atoms with E-state index in [1.165, 1.54) is 5.56 Å². The van der Waals surface area contributed by atoms with E-state index < -0.39 is 0 Å². The van der Waals surface area contributed by atoms with Crippen LogP contribution < -0.4 is 4.90 Å². The Morgan fingerprint density at radius 3 is 2.56 bits per heavy atom. The van der Waals surface area contributed by atoms with Gasteiger partial charge in [-0.1, -0.05) is 48.4 Å². The molecule has 0 bridgehead atoms. The van der Waals surface area contributed by atoms with Gasteiger partial charge in [-0.05, 0) is 37.8 Å². The van der Waals surface area contributed by atoms with Gasteiger partial charge in [0.25, 0.3) is 0 Å². The van der Waals surface area contributed by atoms with Gasteiger partial charge in [0.15, 0.2) is 0 Å². The predicted octanol–water partition coefficient (Wildman–Crippen LogP) is 4.53. The SMILES string of the molecule is CCC1CN(c2ncc(-n3ccnc3)cc2Cl)CCN1C1CCN(C(C=O)c2ccc(C)cc2)CC1. The molecule has 1 aromatic carbocycles. The molecule has 2 saturated heterocycles. The topological polar surface area (TPSA) is 57.5 Å². The zero-order valence-electron chi connectivity index (χ0n) is 21.1. The Kier molecular flexibility index (Phi) is 7.70. The number of imidazole rings is 1. The minimum atomic E-state index is -0.149. The molecule has 190 valence electrons. The van der Waals surface area contributed by atoms with Gasteiger partial charge < -0.3 is 14.3 Å². The first-order valence-corrected chi connectivity index (χ1v) is 13.4. The number of carbonyl (C=O) groups excluding carboxylic acids is 1. The Morgan fingerprint density at radius 1 is 1.14 bits per heavy atom. The molecule has 0 saturated carbocycles. The van der Waals surface area contributed by atoms with Crippen LogP contribution in [0.2, 0.25) is 5.02 Å². The van der Waals surface area contributed by atoms with Crippen LogP contribution in [-0.4, -0.2) is 75.4 Å². The highest BCUT2D eigenvalue weighted by molar-refractivity contribution is 6.33. The fourth-order valence-corrected chi connectivity index (χ4v) is 6.03. The van der Waals surface area contributed by atoms with Gasteiger partial charge in [-0.25, -0.2) is 9.97 Å². The maximum Gasteiger partial charge on any atom is 0.147 e. The quantitative estimate of drug-likeness (QED) is 0.439. The minimum absolute atomic E-state index is 0.149. The number of piperazine rings is 1. The summed E-state index contributed by atoms with van der Waals surface area (Å²) < 4.78 is 1.91. The van der Waals surface area contributed by atoms with Crippen LogP contribution in [0.4, 0.5) is 5.82 Å². The molecule has 2 aliphatic heterocycles. The lowest BCUT2D eigenvalue weighted by Gasteiger charge is -2.48. The lowest BCUT2D eigenvalue weighted by molar-refractivity contribution is -0.113. The molecule has 3 aromatic rings. The summed E-state index contributed by atoms with van der Waals surface area (Å²) in [5, 5.41) is 0.675. The number of benzene rings is 1. The Morgan fingerprint density at radius 2 is 1.92 bits per heavy atom. The van der Waals surface area contributed by atoms with Crippen molar-refractivity contribution in [1.82, 2.24) is 24.3 Å². The van der Waals surface area contributed by atoms with Crippen molar-refractivity contribution in [1.29, 1.82) is 0 Å². The number of anilines is 1. The number of piperidine rings is 1. The molecule has 2 unspecified atom stereocenters. The second kappa shape index (κ2) is 11.1. The lowest BCUT2D eigenvalue weighted by atomic mass is 9.95. The number of aryl methyl sites for hydroxylation is 1. The number of likely N-dealkylation sites (tertiary alicyclic amines) is 1. The van der Waals surface area contributed by atoms with E-state index in [1.54, 1.807) is 12.5 Å². The van der Waals surface area contributed by atoms with E-state index in [-0.39, 0.29) is 6.04 Å². The van der Waals surface area contributed by atoms with Crippen LogP contribution in [0.25, 0.3) is 5.69 Å². The van der Waals surface area contributed by atoms with Crippen molar-refractivity contribution >= 4 is 23.7 Å². The second-order valence-electron chi connectivity index (χ2n) is 9.97. The van der Waals surface area contributed by atoms with Crippen molar-refractivity contribution in [2.45, 2.75) is 51.2 Å². The van der Waals surface area contributed by atoms with Gasteiger partial charge in [0.1, 0.15) is 12.1 Å². The van der Waals surface area contributed by atoms with Gasteiger partial charge in [0.2, 0.25) is 0 Å². The third-order valence-electron chi connectivity index (χ3n) is 7.82. The van der Waals surface area contributed by atoms with Crippen molar-refractivity contribution in [2.24, 2.45) is 0 Å². The monoisotopic (exact) mass is 506 g/mol. The van der Waals surface area contributed by atoms with Gasteiger partial charge in [-0.15, -0.1) is 0 Å². The van der Waals surface area contributed by atoms with Gasteiger partial charge in [0, 0.05) is 57.2 Å². The van der Waals surface area contributed by atoms with E-state index >= 15 is 0 Å². The molecule has 2 aromatic heterocycles. The first-order valence-electron chi connectivity index (χ1n) is 13.0. The molecule has 7 nitrogen and oxygen atoms in total. The van der Waals surface area contributed by atoms with Gasteiger partial charge in [0.05, 0.1) is 29.3 Å². The Labute approximate surface area is 218 Å². The highest BCUT2D eigenvalue weighted by Gasteiger charge is 2.35. The van der Waals surface area contributed by atoms with Crippen LogP contribution in [0, 0.1) is 6.92 Å². The molecule has 2 fully saturated rings. The first kappa shape index (κ1) is 24.9. The largest absolute Gasteiger partial charge is 0.353 e. The van der Waals surface area contributed by atoms with Gasteiger partial charge in [-0.3, -0.25) is 9.80 Å². The summed E-state index contributed by atoms with van der Waals surface area (Å²) in [6, 6.07) is 11.2. The summed E-state index contributed by atoms with van der Waals surface area (Å²) in [6.07, 6.45) is 11.6. The molecule has 0 amide bonds. The maximum absolute atomic E-state index is 12.0. The van der Waals surface area contributed by atoms with Crippen LogP contribution in [0.15, 0.2) is 55.2 Å². The molecule has 5 rings (SSSR count). The summed E-state index contributed by atoms with van der Waals surface area (Å²) in [4.78, 5) is 28.2. The standard InChI is InChI=1S/C28H35ClN6O/c1-3-23-18-33(28-26(29)16-25(17-31-28)34-13-10-30-20-34)14-15-35(23)24-8-11-32(12-9-24)27(19-36)22-6-4-21(2)5-7-22/h4-7,10,13,16-17,19-20,23-24,27H,3,8-9,11-12,14-15,18H2,1-2H3. The number of hydrogen-bond acceptors (Lipinski definition) is 6. The van der Waals surface area contributed by atoms with E-state index in [0.717, 1.165) is 75.3 Å². The number of hydrogen-bond donors (Lipinski definition) is 0. The van der Waals surface area contributed by atoms with Crippen LogP contribution in [0.1, 0.15) is 43.4 Å². The maximum atomic E-state index is 12.0. The van der Waals surface area contributed by atoms with Crippen LogP contribution in [0.5, 0.6) is 0 Å². The fourth-order valence-electron chi connectivity index (χ4n) is 5.75. The van der Waals surface area contributed by atoms with Crippen LogP contribution >= 0.6 is 11.6 Å². The van der Waals surface area contributed by atoms with Crippen LogP contribution in [-0.2, 0) is 4.79 Å². The predicted molar refractivity (Wildman–Crippen MR) is 144 cm³/mol. The van der Waals surface area contributed by atoms with Crippen molar-refractivity contribution in [3.63, 3.8) is 0 Å². The number of aromatic nitrogens is 3. The van der Waals surface area contributed by atoms with Gasteiger partial charge in [-0.2, -0.15) is 0 Å². The number of rotatable bonds is 7. The fraction of sp³-hybridized carbons (Fsp3) is 0.464. The van der Waals surface area contributed by atoms with E-state index in [0.29, 0.717) is 17.1 Å². The number of nitrogens with zero attached hydrogens (tertiary/aromatic N) is 6. The van der Waals surface area contributed by atoms with E-state index in [1.807, 2.05) is 23.0 Å². The van der Waals surface area contributed by atoms with Crippen molar-refractivity contribution in [3.8, 4) is 5.69 Å².